The van der Waals surface area contributed by atoms with Gasteiger partial charge in [-0.05, 0) is 12.0 Å². The van der Waals surface area contributed by atoms with Gasteiger partial charge in [0.2, 0.25) is 0 Å². The lowest BCUT2D eigenvalue weighted by atomic mass is 10.3. The molecule has 1 radical (unpaired) electrons. The fourth-order valence-corrected chi connectivity index (χ4v) is 1.41. The Kier molecular flexibility index (Phi) is 3.53. The molecule has 0 spiro atoms. The van der Waals surface area contributed by atoms with E-state index in [1.54, 1.807) is 0 Å². The zero-order valence-electron chi connectivity index (χ0n) is 4.86. The van der Waals surface area contributed by atoms with Gasteiger partial charge in [-0.25, -0.2) is 0 Å². The van der Waals surface area contributed by atoms with Crippen molar-refractivity contribution in [2.45, 2.75) is 20.4 Å². The lowest BCUT2D eigenvalue weighted by Gasteiger charge is -1.94. The van der Waals surface area contributed by atoms with Crippen molar-refractivity contribution in [1.29, 1.82) is 0 Å². The first-order chi connectivity index (χ1) is 2.77. The summed E-state index contributed by atoms with van der Waals surface area (Å²) in [5, 5.41) is 0. The minimum absolute atomic E-state index is 0.242. The second kappa shape index (κ2) is 3.41. The van der Waals surface area contributed by atoms with E-state index in [0.717, 1.165) is 5.92 Å². The van der Waals surface area contributed by atoms with Crippen LogP contribution in [0, 0.1) is 12.0 Å². The van der Waals surface area contributed by atoms with Gasteiger partial charge in [0.05, 0.1) is 0 Å². The second-order valence-electron chi connectivity index (χ2n) is 1.89. The normalized spacial score (nSPS) is 12.0. The molecule has 0 nitrogen and oxygen atoms in total. The third-order valence-electron chi connectivity index (χ3n) is 0.707. The first-order valence-corrected chi connectivity index (χ1v) is 4.83. The van der Waals surface area contributed by atoms with Crippen LogP contribution in [-0.2, 0) is 0 Å². The van der Waals surface area contributed by atoms with Gasteiger partial charge in [-0.2, -0.15) is 0 Å². The van der Waals surface area contributed by atoms with Gasteiger partial charge in [0.15, 0.2) is 0 Å². The van der Waals surface area contributed by atoms with E-state index < -0.39 is 0 Å². The second-order valence-corrected chi connectivity index (χ2v) is 3.18. The van der Waals surface area contributed by atoms with E-state index in [-0.39, 0.29) is 9.52 Å². The molecule has 0 heterocycles. The maximum absolute atomic E-state index is 2.43. The van der Waals surface area contributed by atoms with Crippen LogP contribution in [0.5, 0.6) is 0 Å². The average Bonchev–Trinajstić information content (AvgIpc) is 1.35. The largest absolute Gasteiger partial charge is 0.0746 e. The molecule has 0 bridgehead atoms. The van der Waals surface area contributed by atoms with Crippen LogP contribution in [0.25, 0.3) is 0 Å². The van der Waals surface area contributed by atoms with Gasteiger partial charge in [-0.1, -0.05) is 20.4 Å². The van der Waals surface area contributed by atoms with Gasteiger partial charge in [0.25, 0.3) is 0 Å². The summed E-state index contributed by atoms with van der Waals surface area (Å²) in [5.74, 6) is 0.835. The molecule has 0 aliphatic carbocycles. The van der Waals surface area contributed by atoms with E-state index in [1.807, 2.05) is 0 Å². The molecule has 0 aromatic rings. The van der Waals surface area contributed by atoms with Gasteiger partial charge in [0.1, 0.15) is 0 Å². The Balaban J connectivity index is 2.63. The molecule has 0 unspecified atom stereocenters. The maximum atomic E-state index is 2.43. The van der Waals surface area contributed by atoms with Gasteiger partial charge in [-0.15, -0.1) is 0 Å². The fraction of sp³-hybridized carbons (Fsp3) is 0.800. The van der Waals surface area contributed by atoms with Crippen LogP contribution in [0.15, 0.2) is 0 Å². The summed E-state index contributed by atoms with van der Waals surface area (Å²) in [5.41, 5.74) is 0. The zero-order chi connectivity index (χ0) is 4.99. The van der Waals surface area contributed by atoms with Crippen LogP contribution < -0.4 is 0 Å². The smallest absolute Gasteiger partial charge is 0.0204 e. The van der Waals surface area contributed by atoms with E-state index in [1.165, 1.54) is 0 Å². The van der Waals surface area contributed by atoms with E-state index >= 15 is 0 Å². The third kappa shape index (κ3) is 4.22. The van der Waals surface area contributed by atoms with E-state index in [4.69, 9.17) is 0 Å². The highest BCUT2D eigenvalue weighted by atomic mass is 28.2. The third-order valence-corrected chi connectivity index (χ3v) is 2.12. The highest BCUT2D eigenvalue weighted by molar-refractivity contribution is 6.38. The molecule has 0 aliphatic heterocycles. The average molecular weight is 101 g/mol. The topological polar surface area (TPSA) is 0 Å². The molecule has 0 aromatic heterocycles. The molecule has 0 atom stereocenters. The first-order valence-electron chi connectivity index (χ1n) is 2.60. The Morgan fingerprint density at radius 3 is 2.00 bits per heavy atom. The van der Waals surface area contributed by atoms with Crippen molar-refractivity contribution in [3.05, 3.63) is 6.04 Å². The van der Waals surface area contributed by atoms with Crippen molar-refractivity contribution in [1.82, 2.24) is 0 Å². The highest BCUT2D eigenvalue weighted by Gasteiger charge is 1.86. The van der Waals surface area contributed by atoms with Gasteiger partial charge in [0, 0.05) is 9.52 Å². The Labute approximate surface area is 42.8 Å². The summed E-state index contributed by atoms with van der Waals surface area (Å²) in [6.07, 6.45) is 0. The molecule has 37 valence electrons. The molecular weight excluding hydrogens is 88.1 g/mol. The molecule has 0 N–H and O–H groups in total. The summed E-state index contributed by atoms with van der Waals surface area (Å²) in [6, 6.07) is 2.43. The minimum Gasteiger partial charge on any atom is -0.0746 e. The number of hydrogen-bond donors (Lipinski definition) is 0. The van der Waals surface area contributed by atoms with E-state index in [9.17, 15) is 0 Å². The molecular formula is C5H13Si. The van der Waals surface area contributed by atoms with Crippen molar-refractivity contribution in [3.8, 4) is 0 Å². The first kappa shape index (κ1) is 6.22. The number of hydrogen-bond acceptors (Lipinski definition) is 0. The van der Waals surface area contributed by atoms with E-state index in [0.29, 0.717) is 0 Å². The Hall–Kier alpha value is 0.217. The van der Waals surface area contributed by atoms with Crippen LogP contribution in [-0.4, -0.2) is 9.52 Å². The summed E-state index contributed by atoms with van der Waals surface area (Å²) in [4.78, 5) is 0. The van der Waals surface area contributed by atoms with Crippen molar-refractivity contribution < 1.29 is 0 Å². The summed E-state index contributed by atoms with van der Waals surface area (Å²) in [7, 11) is 0.242. The summed E-state index contributed by atoms with van der Waals surface area (Å²) in [6.45, 7) is 6.77. The molecule has 0 aliphatic rings. The Morgan fingerprint density at radius 2 is 2.00 bits per heavy atom. The fourth-order valence-electron chi connectivity index (χ4n) is 0.471. The lowest BCUT2D eigenvalue weighted by Crippen LogP contribution is -1.91. The zero-order valence-corrected chi connectivity index (χ0v) is 6.28. The van der Waals surface area contributed by atoms with Gasteiger partial charge < -0.3 is 0 Å². The SMILES string of the molecule is C[SiH2][CH]C(C)C. The molecule has 1 heteroatoms. The highest BCUT2D eigenvalue weighted by Crippen LogP contribution is 1.92. The Bertz CT molecular complexity index is 25.1. The van der Waals surface area contributed by atoms with Crippen molar-refractivity contribution in [3.63, 3.8) is 0 Å². The maximum Gasteiger partial charge on any atom is 0.0204 e. The molecule has 0 fully saturated rings. The predicted molar refractivity (Wildman–Crippen MR) is 33.5 cm³/mol. The standard InChI is InChI=1S/C5H13Si/c1-5(2)4-6-3/h4-5H,6H2,1-3H3. The van der Waals surface area contributed by atoms with Crippen molar-refractivity contribution >= 4 is 9.52 Å². The van der Waals surface area contributed by atoms with Crippen LogP contribution >= 0.6 is 0 Å². The quantitative estimate of drug-likeness (QED) is 0.456. The van der Waals surface area contributed by atoms with E-state index in [2.05, 4.69) is 26.4 Å². The summed E-state index contributed by atoms with van der Waals surface area (Å²) < 4.78 is 0. The van der Waals surface area contributed by atoms with Crippen LogP contribution in [0.1, 0.15) is 13.8 Å². The monoisotopic (exact) mass is 101 g/mol. The molecule has 0 saturated heterocycles. The Morgan fingerprint density at radius 1 is 1.50 bits per heavy atom. The molecule has 0 aromatic carbocycles. The summed E-state index contributed by atoms with van der Waals surface area (Å²) >= 11 is 0. The predicted octanol–water partition coefficient (Wildman–Crippen LogP) is 1.02. The molecule has 6 heavy (non-hydrogen) atoms. The van der Waals surface area contributed by atoms with Crippen LogP contribution in [0.3, 0.4) is 0 Å². The van der Waals surface area contributed by atoms with Gasteiger partial charge in [-0.3, -0.25) is 0 Å². The minimum atomic E-state index is 0.242. The van der Waals surface area contributed by atoms with Crippen LogP contribution in [0.4, 0.5) is 0 Å². The van der Waals surface area contributed by atoms with Crippen molar-refractivity contribution in [2.75, 3.05) is 0 Å². The van der Waals surface area contributed by atoms with Gasteiger partial charge >= 0.3 is 0 Å². The molecule has 0 amide bonds. The van der Waals surface area contributed by atoms with Crippen molar-refractivity contribution in [2.24, 2.45) is 5.92 Å². The van der Waals surface area contributed by atoms with Crippen LogP contribution in [0.2, 0.25) is 6.55 Å². The molecule has 0 rings (SSSR count). The molecule has 0 saturated carbocycles. The number of rotatable bonds is 2. The lowest BCUT2D eigenvalue weighted by molar-refractivity contribution is 0.805.